The summed E-state index contributed by atoms with van der Waals surface area (Å²) in [6.45, 7) is 4.67. The summed E-state index contributed by atoms with van der Waals surface area (Å²) < 4.78 is 6.98. The fourth-order valence-electron chi connectivity index (χ4n) is 5.36. The quantitative estimate of drug-likeness (QED) is 0.303. The lowest BCUT2D eigenvalue weighted by molar-refractivity contribution is -0.143. The van der Waals surface area contributed by atoms with Crippen molar-refractivity contribution in [2.24, 2.45) is 13.0 Å². The second-order valence-electron chi connectivity index (χ2n) is 10.1. The first-order valence-corrected chi connectivity index (χ1v) is 12.9. The van der Waals surface area contributed by atoms with Crippen LogP contribution in [0.4, 0.5) is 0 Å². The molecule has 3 atom stereocenters. The number of aryl methyl sites for hydroxylation is 1. The number of imidazole rings is 1. The number of amides is 1. The smallest absolute Gasteiger partial charge is 0.316 e. The number of halogens is 1. The maximum Gasteiger partial charge on any atom is 0.316 e. The Morgan fingerprint density at radius 3 is 2.63 bits per heavy atom. The van der Waals surface area contributed by atoms with Crippen molar-refractivity contribution in [2.45, 2.75) is 37.6 Å². The van der Waals surface area contributed by atoms with Gasteiger partial charge in [-0.05, 0) is 47.7 Å². The molecule has 3 heterocycles. The number of carbonyl (C=O) groups excluding carboxylic acids is 1. The van der Waals surface area contributed by atoms with Gasteiger partial charge in [0.05, 0.1) is 23.7 Å². The number of nitrogens with one attached hydrogen (secondary N) is 2. The molecular formula is C28H30ClN5O4. The summed E-state index contributed by atoms with van der Waals surface area (Å²) in [5.41, 5.74) is 2.22. The van der Waals surface area contributed by atoms with Crippen LogP contribution in [0.2, 0.25) is 5.02 Å². The summed E-state index contributed by atoms with van der Waals surface area (Å²) in [6, 6.07) is 14.2. The molecule has 0 bridgehead atoms. The van der Waals surface area contributed by atoms with E-state index in [1.54, 1.807) is 25.4 Å². The van der Waals surface area contributed by atoms with Gasteiger partial charge in [-0.3, -0.25) is 14.3 Å². The Hall–Kier alpha value is -3.69. The second-order valence-corrected chi connectivity index (χ2v) is 10.5. The Bertz CT molecular complexity index is 1490. The first kappa shape index (κ1) is 25.9. The van der Waals surface area contributed by atoms with Crippen molar-refractivity contribution in [1.29, 1.82) is 0 Å². The Morgan fingerprint density at radius 1 is 1.21 bits per heavy atom. The number of H-pyrrole nitrogens is 1. The van der Waals surface area contributed by atoms with Crippen LogP contribution in [-0.4, -0.2) is 49.9 Å². The molecule has 198 valence electrons. The highest BCUT2D eigenvalue weighted by Gasteiger charge is 2.44. The molecule has 5 rings (SSSR count). The van der Waals surface area contributed by atoms with E-state index in [0.29, 0.717) is 40.6 Å². The largest absolute Gasteiger partial charge is 0.481 e. The molecule has 1 saturated heterocycles. The Labute approximate surface area is 225 Å². The Morgan fingerprint density at radius 2 is 2.00 bits per heavy atom. The molecule has 9 nitrogen and oxygen atoms in total. The number of hydrogen-bond acceptors (Lipinski definition) is 5. The Balaban J connectivity index is 1.61. The normalized spacial score (nSPS) is 19.1. The number of carboxylic acid groups (broad SMARTS) is 1. The lowest BCUT2D eigenvalue weighted by Crippen LogP contribution is -2.36. The van der Waals surface area contributed by atoms with Crippen LogP contribution in [0.15, 0.2) is 54.7 Å². The molecule has 1 aliphatic rings. The summed E-state index contributed by atoms with van der Waals surface area (Å²) in [4.78, 5) is 33.9. The van der Waals surface area contributed by atoms with Crippen molar-refractivity contribution in [3.63, 3.8) is 0 Å². The topological polar surface area (TPSA) is 122 Å². The molecule has 2 aromatic heterocycles. The average molecular weight is 536 g/mol. The van der Waals surface area contributed by atoms with E-state index >= 15 is 0 Å². The number of ether oxygens (including phenoxy) is 1. The van der Waals surface area contributed by atoms with E-state index in [-0.39, 0.29) is 24.3 Å². The third kappa shape index (κ3) is 4.56. The zero-order chi connectivity index (χ0) is 27.0. The van der Waals surface area contributed by atoms with Crippen LogP contribution in [0.3, 0.4) is 0 Å². The minimum atomic E-state index is -1.10. The molecule has 0 saturated carbocycles. The van der Waals surface area contributed by atoms with Crippen LogP contribution < -0.4 is 5.32 Å². The number of fused-ring (bicyclic) bond motifs is 1. The molecule has 2 aromatic carbocycles. The standard InChI is InChI=1S/C28H30ClN5O4/c1-16(2)23(18-6-4-5-7-19(18)29)24(33-26(35)22-10-12-30-34(22)3)25-31-20-9-8-17(14-21(20)32-25)28(27(36)37)11-13-38-15-28/h4-10,12,14,16,23-24H,11,13,15H2,1-3H3,(H,31,32)(H,33,35)(H,36,37)/t23-,24-,28?/m0/s1. The summed E-state index contributed by atoms with van der Waals surface area (Å²) >= 11 is 6.65. The number of carboxylic acids is 1. The molecule has 1 fully saturated rings. The first-order chi connectivity index (χ1) is 18.2. The fourth-order valence-corrected chi connectivity index (χ4v) is 5.63. The molecule has 1 aliphatic heterocycles. The third-order valence-corrected chi connectivity index (χ3v) is 7.81. The van der Waals surface area contributed by atoms with Crippen molar-refractivity contribution in [2.75, 3.05) is 13.2 Å². The highest BCUT2D eigenvalue weighted by atomic mass is 35.5. The van der Waals surface area contributed by atoms with E-state index in [9.17, 15) is 14.7 Å². The van der Waals surface area contributed by atoms with Crippen LogP contribution in [0.1, 0.15) is 59.7 Å². The predicted molar refractivity (Wildman–Crippen MR) is 143 cm³/mol. The fraction of sp³-hybridized carbons (Fsp3) is 0.357. The average Bonchev–Trinajstić information content (AvgIpc) is 3.63. The zero-order valence-electron chi connectivity index (χ0n) is 21.4. The number of hydrogen-bond donors (Lipinski definition) is 3. The van der Waals surface area contributed by atoms with Gasteiger partial charge < -0.3 is 20.1 Å². The number of aromatic nitrogens is 4. The molecule has 1 unspecified atom stereocenters. The molecule has 10 heteroatoms. The lowest BCUT2D eigenvalue weighted by atomic mass is 9.80. The van der Waals surface area contributed by atoms with Gasteiger partial charge in [0.2, 0.25) is 0 Å². The van der Waals surface area contributed by atoms with Crippen molar-refractivity contribution >= 4 is 34.5 Å². The van der Waals surface area contributed by atoms with Gasteiger partial charge in [-0.15, -0.1) is 0 Å². The van der Waals surface area contributed by atoms with Gasteiger partial charge in [0.1, 0.15) is 16.9 Å². The summed E-state index contributed by atoms with van der Waals surface area (Å²) in [5, 5.41) is 17.9. The summed E-state index contributed by atoms with van der Waals surface area (Å²) in [6.07, 6.45) is 1.97. The predicted octanol–water partition coefficient (Wildman–Crippen LogP) is 4.60. The van der Waals surface area contributed by atoms with Crippen LogP contribution >= 0.6 is 11.6 Å². The molecule has 38 heavy (non-hydrogen) atoms. The van der Waals surface area contributed by atoms with E-state index < -0.39 is 17.4 Å². The molecule has 0 spiro atoms. The van der Waals surface area contributed by atoms with Gasteiger partial charge in [-0.25, -0.2) is 4.98 Å². The molecule has 4 aromatic rings. The Kier molecular flexibility index (Phi) is 6.98. The highest BCUT2D eigenvalue weighted by molar-refractivity contribution is 6.31. The molecule has 0 aliphatic carbocycles. The van der Waals surface area contributed by atoms with E-state index in [1.807, 2.05) is 36.4 Å². The van der Waals surface area contributed by atoms with Gasteiger partial charge >= 0.3 is 5.97 Å². The number of rotatable bonds is 8. The number of benzene rings is 2. The summed E-state index contributed by atoms with van der Waals surface area (Å²) in [7, 11) is 1.71. The van der Waals surface area contributed by atoms with Crippen LogP contribution in [0.25, 0.3) is 11.0 Å². The van der Waals surface area contributed by atoms with Crippen molar-refractivity contribution in [1.82, 2.24) is 25.1 Å². The van der Waals surface area contributed by atoms with Gasteiger partial charge in [0.25, 0.3) is 5.91 Å². The van der Waals surface area contributed by atoms with Crippen molar-refractivity contribution in [3.05, 3.63) is 82.4 Å². The van der Waals surface area contributed by atoms with Gasteiger partial charge in [-0.2, -0.15) is 5.10 Å². The molecule has 3 N–H and O–H groups in total. The number of carbonyl (C=O) groups is 2. The minimum absolute atomic E-state index is 0.0847. The van der Waals surface area contributed by atoms with Gasteiger partial charge in [0.15, 0.2) is 0 Å². The van der Waals surface area contributed by atoms with Gasteiger partial charge in [-0.1, -0.05) is 49.7 Å². The highest BCUT2D eigenvalue weighted by Crippen LogP contribution is 2.40. The van der Waals surface area contributed by atoms with Crippen LogP contribution in [0, 0.1) is 5.92 Å². The van der Waals surface area contributed by atoms with Gasteiger partial charge in [0, 0.05) is 30.8 Å². The molecular weight excluding hydrogens is 506 g/mol. The first-order valence-electron chi connectivity index (χ1n) is 12.6. The van der Waals surface area contributed by atoms with E-state index in [1.165, 1.54) is 4.68 Å². The maximum atomic E-state index is 13.4. The van der Waals surface area contributed by atoms with E-state index in [2.05, 4.69) is 29.2 Å². The summed E-state index contributed by atoms with van der Waals surface area (Å²) in [5.74, 6) is -0.777. The van der Waals surface area contributed by atoms with E-state index in [0.717, 1.165) is 11.1 Å². The number of aliphatic carboxylic acids is 1. The minimum Gasteiger partial charge on any atom is -0.481 e. The molecule has 0 radical (unpaired) electrons. The van der Waals surface area contributed by atoms with Crippen LogP contribution in [-0.2, 0) is 22.0 Å². The second kappa shape index (κ2) is 10.2. The SMILES string of the molecule is CC(C)[C@@H](c1ccccc1Cl)[C@H](NC(=O)c1ccnn1C)c1nc2cc(C3(C(=O)O)CCOC3)ccc2[nH]1. The monoisotopic (exact) mass is 535 g/mol. The van der Waals surface area contributed by atoms with E-state index in [4.69, 9.17) is 21.3 Å². The number of aromatic amines is 1. The number of nitrogens with zero attached hydrogens (tertiary/aromatic N) is 3. The van der Waals surface area contributed by atoms with Crippen LogP contribution in [0.5, 0.6) is 0 Å². The zero-order valence-corrected chi connectivity index (χ0v) is 22.2. The van der Waals surface area contributed by atoms with Crippen molar-refractivity contribution < 1.29 is 19.4 Å². The van der Waals surface area contributed by atoms with Crippen molar-refractivity contribution in [3.8, 4) is 0 Å². The maximum absolute atomic E-state index is 13.4. The molecule has 1 amide bonds. The third-order valence-electron chi connectivity index (χ3n) is 7.46. The lowest BCUT2D eigenvalue weighted by Gasteiger charge is -2.31.